The largest absolute Gasteiger partial charge is 0.487 e. The molecule has 1 aromatic carbocycles. The number of halogens is 1. The summed E-state index contributed by atoms with van der Waals surface area (Å²) in [4.78, 5) is 14.8. The number of benzene rings is 1. The summed E-state index contributed by atoms with van der Waals surface area (Å²) in [7, 11) is 0. The Hall–Kier alpha value is -2.23. The molecule has 4 heteroatoms. The fourth-order valence-electron chi connectivity index (χ4n) is 1.36. The molecule has 17 heavy (non-hydrogen) atoms. The van der Waals surface area contributed by atoms with Crippen LogP contribution in [0.1, 0.15) is 16.1 Å². The summed E-state index contributed by atoms with van der Waals surface area (Å²) in [5.74, 6) is 0.220. The third-order valence-corrected chi connectivity index (χ3v) is 2.24. The van der Waals surface area contributed by atoms with Crippen LogP contribution in [-0.4, -0.2) is 11.3 Å². The SMILES string of the molecule is O=Cc1cccnc1COc1ccc(F)cc1. The van der Waals surface area contributed by atoms with E-state index < -0.39 is 0 Å². The maximum absolute atomic E-state index is 12.7. The first-order valence-corrected chi connectivity index (χ1v) is 5.07. The monoisotopic (exact) mass is 231 g/mol. The molecular weight excluding hydrogens is 221 g/mol. The van der Waals surface area contributed by atoms with Crippen LogP contribution >= 0.6 is 0 Å². The molecule has 1 aromatic heterocycles. The highest BCUT2D eigenvalue weighted by atomic mass is 19.1. The molecule has 0 aliphatic rings. The molecule has 0 aliphatic heterocycles. The van der Waals surface area contributed by atoms with Crippen LogP contribution in [0.4, 0.5) is 4.39 Å². The summed E-state index contributed by atoms with van der Waals surface area (Å²) in [6.45, 7) is 0.181. The van der Waals surface area contributed by atoms with Gasteiger partial charge in [0.2, 0.25) is 0 Å². The molecule has 0 atom stereocenters. The molecule has 0 amide bonds. The molecule has 0 saturated heterocycles. The van der Waals surface area contributed by atoms with Gasteiger partial charge >= 0.3 is 0 Å². The molecule has 1 heterocycles. The Morgan fingerprint density at radius 3 is 2.71 bits per heavy atom. The zero-order chi connectivity index (χ0) is 12.1. The average molecular weight is 231 g/mol. The Morgan fingerprint density at radius 2 is 2.00 bits per heavy atom. The van der Waals surface area contributed by atoms with E-state index in [1.165, 1.54) is 24.3 Å². The van der Waals surface area contributed by atoms with Crippen LogP contribution in [0.25, 0.3) is 0 Å². The van der Waals surface area contributed by atoms with Crippen molar-refractivity contribution in [1.29, 1.82) is 0 Å². The first kappa shape index (κ1) is 11.3. The van der Waals surface area contributed by atoms with Gasteiger partial charge in [0.25, 0.3) is 0 Å². The van der Waals surface area contributed by atoms with Crippen LogP contribution < -0.4 is 4.74 Å². The normalized spacial score (nSPS) is 9.94. The van der Waals surface area contributed by atoms with Crippen molar-refractivity contribution in [3.05, 3.63) is 59.7 Å². The van der Waals surface area contributed by atoms with Crippen molar-refractivity contribution >= 4 is 6.29 Å². The second-order valence-electron chi connectivity index (χ2n) is 3.40. The van der Waals surface area contributed by atoms with E-state index in [1.54, 1.807) is 18.3 Å². The first-order chi connectivity index (χ1) is 8.29. The molecule has 0 unspecified atom stereocenters. The third kappa shape index (κ3) is 2.87. The predicted molar refractivity (Wildman–Crippen MR) is 60.4 cm³/mol. The van der Waals surface area contributed by atoms with Gasteiger partial charge in [0.1, 0.15) is 18.2 Å². The minimum Gasteiger partial charge on any atom is -0.487 e. The van der Waals surface area contributed by atoms with Crippen molar-refractivity contribution in [2.24, 2.45) is 0 Å². The quantitative estimate of drug-likeness (QED) is 0.759. The molecule has 0 fully saturated rings. The number of aldehydes is 1. The lowest BCUT2D eigenvalue weighted by Gasteiger charge is -2.06. The van der Waals surface area contributed by atoms with Crippen molar-refractivity contribution in [2.45, 2.75) is 6.61 Å². The summed E-state index contributed by atoms with van der Waals surface area (Å²) in [6, 6.07) is 9.04. The lowest BCUT2D eigenvalue weighted by Crippen LogP contribution is -2.02. The van der Waals surface area contributed by atoms with Crippen molar-refractivity contribution in [1.82, 2.24) is 4.98 Å². The zero-order valence-electron chi connectivity index (χ0n) is 8.97. The fourth-order valence-corrected chi connectivity index (χ4v) is 1.36. The number of aromatic nitrogens is 1. The van der Waals surface area contributed by atoms with Crippen LogP contribution in [0.2, 0.25) is 0 Å². The molecule has 0 radical (unpaired) electrons. The van der Waals surface area contributed by atoms with Gasteiger partial charge in [0.15, 0.2) is 6.29 Å². The Kier molecular flexibility index (Phi) is 3.45. The number of carbonyl (C=O) groups is 1. The molecule has 0 N–H and O–H groups in total. The molecule has 0 spiro atoms. The van der Waals surface area contributed by atoms with Crippen LogP contribution in [0.3, 0.4) is 0 Å². The predicted octanol–water partition coefficient (Wildman–Crippen LogP) is 2.61. The Balaban J connectivity index is 2.07. The average Bonchev–Trinajstić information content (AvgIpc) is 2.38. The Bertz CT molecular complexity index is 511. The maximum atomic E-state index is 12.7. The number of hydrogen-bond acceptors (Lipinski definition) is 3. The molecule has 0 aliphatic carbocycles. The number of hydrogen-bond donors (Lipinski definition) is 0. The zero-order valence-corrected chi connectivity index (χ0v) is 8.97. The van der Waals surface area contributed by atoms with Gasteiger partial charge in [-0.25, -0.2) is 4.39 Å². The van der Waals surface area contributed by atoms with Crippen LogP contribution in [0, 0.1) is 5.82 Å². The summed E-state index contributed by atoms with van der Waals surface area (Å²) in [6.07, 6.45) is 2.33. The molecule has 0 saturated carbocycles. The lowest BCUT2D eigenvalue weighted by molar-refractivity contribution is 0.112. The van der Waals surface area contributed by atoms with E-state index in [9.17, 15) is 9.18 Å². The van der Waals surface area contributed by atoms with Gasteiger partial charge in [0, 0.05) is 11.8 Å². The first-order valence-electron chi connectivity index (χ1n) is 5.07. The van der Waals surface area contributed by atoms with Gasteiger partial charge in [-0.1, -0.05) is 0 Å². The van der Waals surface area contributed by atoms with Crippen LogP contribution in [-0.2, 0) is 6.61 Å². The van der Waals surface area contributed by atoms with E-state index in [1.807, 2.05) is 0 Å². The summed E-state index contributed by atoms with van der Waals surface area (Å²) in [5, 5.41) is 0. The number of nitrogens with zero attached hydrogens (tertiary/aromatic N) is 1. The number of carbonyl (C=O) groups excluding carboxylic acids is 1. The Morgan fingerprint density at radius 1 is 1.24 bits per heavy atom. The van der Waals surface area contributed by atoms with Gasteiger partial charge in [-0.2, -0.15) is 0 Å². The number of pyridine rings is 1. The highest BCUT2D eigenvalue weighted by Gasteiger charge is 2.03. The molecule has 2 rings (SSSR count). The minimum atomic E-state index is -0.316. The van der Waals surface area contributed by atoms with E-state index in [4.69, 9.17) is 4.74 Å². The van der Waals surface area contributed by atoms with E-state index >= 15 is 0 Å². The molecule has 86 valence electrons. The van der Waals surface area contributed by atoms with Crippen molar-refractivity contribution in [2.75, 3.05) is 0 Å². The summed E-state index contributed by atoms with van der Waals surface area (Å²) in [5.41, 5.74) is 1.06. The van der Waals surface area contributed by atoms with E-state index in [0.29, 0.717) is 17.0 Å². The highest BCUT2D eigenvalue weighted by Crippen LogP contribution is 2.13. The maximum Gasteiger partial charge on any atom is 0.152 e. The van der Waals surface area contributed by atoms with E-state index in [0.717, 1.165) is 6.29 Å². The molecule has 2 aromatic rings. The van der Waals surface area contributed by atoms with Gasteiger partial charge in [-0.05, 0) is 36.4 Å². The summed E-state index contributed by atoms with van der Waals surface area (Å²) >= 11 is 0. The van der Waals surface area contributed by atoms with Crippen molar-refractivity contribution < 1.29 is 13.9 Å². The Labute approximate surface area is 97.9 Å². The van der Waals surface area contributed by atoms with E-state index in [2.05, 4.69) is 4.98 Å². The summed E-state index contributed by atoms with van der Waals surface area (Å²) < 4.78 is 18.1. The third-order valence-electron chi connectivity index (χ3n) is 2.24. The van der Waals surface area contributed by atoms with Gasteiger partial charge in [0.05, 0.1) is 5.69 Å². The standard InChI is InChI=1S/C13H10FNO2/c14-11-3-5-12(6-4-11)17-9-13-10(8-16)2-1-7-15-13/h1-8H,9H2. The smallest absolute Gasteiger partial charge is 0.152 e. The van der Waals surface area contributed by atoms with Gasteiger partial charge in [-0.15, -0.1) is 0 Å². The van der Waals surface area contributed by atoms with Crippen LogP contribution in [0.5, 0.6) is 5.75 Å². The second kappa shape index (κ2) is 5.21. The van der Waals surface area contributed by atoms with Crippen molar-refractivity contribution in [3.63, 3.8) is 0 Å². The van der Waals surface area contributed by atoms with Gasteiger partial charge in [-0.3, -0.25) is 9.78 Å². The van der Waals surface area contributed by atoms with Gasteiger partial charge < -0.3 is 4.74 Å². The van der Waals surface area contributed by atoms with Crippen molar-refractivity contribution in [3.8, 4) is 5.75 Å². The molecule has 3 nitrogen and oxygen atoms in total. The minimum absolute atomic E-state index is 0.181. The highest BCUT2D eigenvalue weighted by molar-refractivity contribution is 5.76. The topological polar surface area (TPSA) is 39.2 Å². The molecule has 0 bridgehead atoms. The number of rotatable bonds is 4. The second-order valence-corrected chi connectivity index (χ2v) is 3.40. The van der Waals surface area contributed by atoms with E-state index in [-0.39, 0.29) is 12.4 Å². The number of ether oxygens (including phenoxy) is 1. The lowest BCUT2D eigenvalue weighted by atomic mass is 10.2. The molecular formula is C13H10FNO2. The fraction of sp³-hybridized carbons (Fsp3) is 0.0769. The van der Waals surface area contributed by atoms with Crippen LogP contribution in [0.15, 0.2) is 42.6 Å².